The lowest BCUT2D eigenvalue weighted by Gasteiger charge is -2.23. The van der Waals surface area contributed by atoms with Crippen LogP contribution in [0.2, 0.25) is 5.02 Å². The maximum atomic E-state index is 12.2. The molecule has 0 aromatic heterocycles. The summed E-state index contributed by atoms with van der Waals surface area (Å²) in [5.41, 5.74) is 1.76. The van der Waals surface area contributed by atoms with Crippen LogP contribution in [0.4, 0.5) is 11.4 Å². The number of carbonyl (C=O) groups excluding carboxylic acids is 2. The first-order valence-electron chi connectivity index (χ1n) is 8.19. The third-order valence-electron chi connectivity index (χ3n) is 4.05. The molecule has 0 bridgehead atoms. The van der Waals surface area contributed by atoms with Gasteiger partial charge >= 0.3 is 0 Å². The van der Waals surface area contributed by atoms with Crippen molar-refractivity contribution >= 4 is 40.9 Å². The van der Waals surface area contributed by atoms with Crippen molar-refractivity contribution < 1.29 is 23.8 Å². The molecule has 8 heteroatoms. The van der Waals surface area contributed by atoms with Crippen LogP contribution in [0.15, 0.2) is 36.4 Å². The third-order valence-corrected chi connectivity index (χ3v) is 4.34. The van der Waals surface area contributed by atoms with Crippen LogP contribution in [-0.4, -0.2) is 24.7 Å². The predicted octanol–water partition coefficient (Wildman–Crippen LogP) is 3.44. The van der Waals surface area contributed by atoms with Gasteiger partial charge in [0.2, 0.25) is 12.7 Å². The Morgan fingerprint density at radius 1 is 1.26 bits per heavy atom. The first-order chi connectivity index (χ1) is 13.0. The van der Waals surface area contributed by atoms with E-state index in [2.05, 4.69) is 10.6 Å². The summed E-state index contributed by atoms with van der Waals surface area (Å²) >= 11 is 6.12. The number of ether oxygens (including phenoxy) is 3. The lowest BCUT2D eigenvalue weighted by molar-refractivity contribution is -0.122. The Morgan fingerprint density at radius 3 is 2.96 bits per heavy atom. The summed E-state index contributed by atoms with van der Waals surface area (Å²) in [6, 6.07) is 8.47. The Morgan fingerprint density at radius 2 is 2.11 bits per heavy atom. The largest absolute Gasteiger partial charge is 0.479 e. The van der Waals surface area contributed by atoms with Crippen LogP contribution in [-0.2, 0) is 9.59 Å². The highest BCUT2D eigenvalue weighted by atomic mass is 35.5. The van der Waals surface area contributed by atoms with Gasteiger partial charge in [-0.1, -0.05) is 11.6 Å². The molecule has 4 rings (SSSR count). The smallest absolute Gasteiger partial charge is 0.265 e. The molecule has 2 aromatic rings. The van der Waals surface area contributed by atoms with Gasteiger partial charge in [-0.3, -0.25) is 9.59 Å². The highest BCUT2D eigenvalue weighted by molar-refractivity contribution is 6.32. The first-order valence-corrected chi connectivity index (χ1v) is 8.57. The summed E-state index contributed by atoms with van der Waals surface area (Å²) in [4.78, 5) is 23.9. The summed E-state index contributed by atoms with van der Waals surface area (Å²) < 4.78 is 16.0. The maximum Gasteiger partial charge on any atom is 0.265 e. The van der Waals surface area contributed by atoms with Crippen LogP contribution in [0, 0.1) is 0 Å². The highest BCUT2D eigenvalue weighted by Gasteiger charge is 2.23. The van der Waals surface area contributed by atoms with Gasteiger partial charge in [0.15, 0.2) is 17.6 Å². The second-order valence-corrected chi connectivity index (χ2v) is 6.43. The number of nitrogens with one attached hydrogen (secondary N) is 2. The standard InChI is InChI=1S/C19H15ClN2O5/c1-10-19(24)22-14-8-12(3-4-15(14)27-10)21-17(23)5-2-11-6-13(20)18-16(7-11)25-9-26-18/h2-8,10H,9H2,1H3,(H,21,23)(H,22,24)/b5-2+. The minimum absolute atomic E-state index is 0.125. The van der Waals surface area contributed by atoms with Gasteiger partial charge in [-0.05, 0) is 48.9 Å². The van der Waals surface area contributed by atoms with Crippen molar-refractivity contribution in [1.29, 1.82) is 0 Å². The zero-order valence-electron chi connectivity index (χ0n) is 14.2. The Balaban J connectivity index is 1.46. The fourth-order valence-electron chi connectivity index (χ4n) is 2.73. The third kappa shape index (κ3) is 3.54. The number of hydrogen-bond donors (Lipinski definition) is 2. The van der Waals surface area contributed by atoms with Crippen molar-refractivity contribution in [3.63, 3.8) is 0 Å². The summed E-state index contributed by atoms with van der Waals surface area (Å²) in [5, 5.41) is 5.89. The Bertz CT molecular complexity index is 973. The average Bonchev–Trinajstić information content (AvgIpc) is 3.10. The van der Waals surface area contributed by atoms with E-state index in [0.717, 1.165) is 0 Å². The lowest BCUT2D eigenvalue weighted by Crippen LogP contribution is -2.34. The van der Waals surface area contributed by atoms with Crippen molar-refractivity contribution in [3.05, 3.63) is 47.0 Å². The van der Waals surface area contributed by atoms with Gasteiger partial charge in [0, 0.05) is 11.8 Å². The number of benzene rings is 2. The fourth-order valence-corrected chi connectivity index (χ4v) is 3.00. The molecule has 0 aliphatic carbocycles. The number of rotatable bonds is 3. The van der Waals surface area contributed by atoms with Gasteiger partial charge < -0.3 is 24.8 Å². The zero-order valence-corrected chi connectivity index (χ0v) is 15.0. The molecular weight excluding hydrogens is 372 g/mol. The van der Waals surface area contributed by atoms with E-state index >= 15 is 0 Å². The number of halogens is 1. The molecule has 0 saturated carbocycles. The number of fused-ring (bicyclic) bond motifs is 2. The van der Waals surface area contributed by atoms with Gasteiger partial charge in [-0.25, -0.2) is 0 Å². The molecule has 7 nitrogen and oxygen atoms in total. The summed E-state index contributed by atoms with van der Waals surface area (Å²) in [6.45, 7) is 1.79. The molecule has 0 radical (unpaired) electrons. The molecule has 0 saturated heterocycles. The molecule has 2 amide bonds. The van der Waals surface area contributed by atoms with Crippen LogP contribution in [0.25, 0.3) is 6.08 Å². The van der Waals surface area contributed by atoms with Gasteiger partial charge in [-0.2, -0.15) is 0 Å². The molecule has 1 atom stereocenters. The molecule has 0 spiro atoms. The van der Waals surface area contributed by atoms with E-state index in [-0.39, 0.29) is 18.6 Å². The lowest BCUT2D eigenvalue weighted by atomic mass is 10.2. The van der Waals surface area contributed by atoms with E-state index in [1.54, 1.807) is 43.3 Å². The minimum Gasteiger partial charge on any atom is -0.479 e. The maximum absolute atomic E-state index is 12.2. The zero-order chi connectivity index (χ0) is 19.0. The van der Waals surface area contributed by atoms with E-state index in [1.807, 2.05) is 0 Å². The highest BCUT2D eigenvalue weighted by Crippen LogP contribution is 2.40. The van der Waals surface area contributed by atoms with Gasteiger partial charge in [0.05, 0.1) is 10.7 Å². The van der Waals surface area contributed by atoms with Crippen LogP contribution in [0.1, 0.15) is 12.5 Å². The SMILES string of the molecule is CC1Oc2ccc(NC(=O)/C=C/c3cc(Cl)c4c(c3)OCO4)cc2NC1=O. The van der Waals surface area contributed by atoms with E-state index in [9.17, 15) is 9.59 Å². The summed E-state index contributed by atoms with van der Waals surface area (Å²) in [6.07, 6.45) is 2.45. The van der Waals surface area contributed by atoms with E-state index < -0.39 is 6.10 Å². The van der Waals surface area contributed by atoms with Crippen LogP contribution in [0.5, 0.6) is 17.2 Å². The van der Waals surface area contributed by atoms with E-state index in [4.69, 9.17) is 25.8 Å². The Labute approximate surface area is 159 Å². The van der Waals surface area contributed by atoms with Gasteiger partial charge in [0.25, 0.3) is 5.91 Å². The number of amides is 2. The molecular formula is C19H15ClN2O5. The van der Waals surface area contributed by atoms with Gasteiger partial charge in [-0.15, -0.1) is 0 Å². The molecule has 2 aromatic carbocycles. The molecule has 1 unspecified atom stereocenters. The van der Waals surface area contributed by atoms with Crippen molar-refractivity contribution in [2.75, 3.05) is 17.4 Å². The molecule has 2 N–H and O–H groups in total. The normalized spacial score (nSPS) is 17.3. The van der Waals surface area contributed by atoms with Crippen molar-refractivity contribution in [3.8, 4) is 17.2 Å². The van der Waals surface area contributed by atoms with Crippen molar-refractivity contribution in [2.45, 2.75) is 13.0 Å². The number of carbonyl (C=O) groups is 2. The average molecular weight is 387 g/mol. The Kier molecular flexibility index (Phi) is 4.37. The van der Waals surface area contributed by atoms with E-state index in [0.29, 0.717) is 39.2 Å². The molecule has 0 fully saturated rings. The van der Waals surface area contributed by atoms with Crippen molar-refractivity contribution in [1.82, 2.24) is 0 Å². The monoisotopic (exact) mass is 386 g/mol. The molecule has 2 aliphatic heterocycles. The molecule has 2 heterocycles. The van der Waals surface area contributed by atoms with Gasteiger partial charge in [0.1, 0.15) is 5.75 Å². The summed E-state index contributed by atoms with van der Waals surface area (Å²) in [7, 11) is 0. The quantitative estimate of drug-likeness (QED) is 0.789. The second-order valence-electron chi connectivity index (χ2n) is 6.02. The molecule has 138 valence electrons. The molecule has 27 heavy (non-hydrogen) atoms. The molecule has 2 aliphatic rings. The fraction of sp³-hybridized carbons (Fsp3) is 0.158. The Hall–Kier alpha value is -3.19. The number of anilines is 2. The summed E-state index contributed by atoms with van der Waals surface area (Å²) in [5.74, 6) is 1.05. The first kappa shape index (κ1) is 17.2. The van der Waals surface area contributed by atoms with Crippen LogP contribution < -0.4 is 24.8 Å². The van der Waals surface area contributed by atoms with Crippen LogP contribution in [0.3, 0.4) is 0 Å². The van der Waals surface area contributed by atoms with Crippen LogP contribution >= 0.6 is 11.6 Å². The van der Waals surface area contributed by atoms with E-state index in [1.165, 1.54) is 6.08 Å². The number of hydrogen-bond acceptors (Lipinski definition) is 5. The second kappa shape index (κ2) is 6.85. The predicted molar refractivity (Wildman–Crippen MR) is 100 cm³/mol. The topological polar surface area (TPSA) is 85.9 Å². The minimum atomic E-state index is -0.547. The van der Waals surface area contributed by atoms with Crippen molar-refractivity contribution in [2.24, 2.45) is 0 Å².